The molecule has 17 heavy (non-hydrogen) atoms. The molecular weight excluding hydrogens is 246 g/mol. The van der Waals surface area contributed by atoms with Gasteiger partial charge in [0.25, 0.3) is 5.92 Å². The van der Waals surface area contributed by atoms with Gasteiger partial charge in [0.1, 0.15) is 5.41 Å². The number of carbonyl (C=O) groups excluding carboxylic acids is 1. The lowest BCUT2D eigenvalue weighted by Gasteiger charge is -2.44. The van der Waals surface area contributed by atoms with Crippen molar-refractivity contribution in [3.63, 3.8) is 0 Å². The van der Waals surface area contributed by atoms with E-state index in [4.69, 9.17) is 0 Å². The van der Waals surface area contributed by atoms with Gasteiger partial charge in [0, 0.05) is 0 Å². The van der Waals surface area contributed by atoms with E-state index in [1.807, 2.05) is 0 Å². The van der Waals surface area contributed by atoms with Gasteiger partial charge in [-0.3, -0.25) is 4.79 Å². The highest BCUT2D eigenvalue weighted by Crippen LogP contribution is 2.53. The standard InChI is InChI=1S/C12H18F2O2S/c1-16-10(15)11(7-9-3-2-4-9)5-6-17-8-12(11,13)14/h9H,2-8H2,1H3. The van der Waals surface area contributed by atoms with Crippen LogP contribution in [0, 0.1) is 11.3 Å². The maximum atomic E-state index is 14.2. The van der Waals surface area contributed by atoms with Gasteiger partial charge in [0.05, 0.1) is 12.9 Å². The van der Waals surface area contributed by atoms with Crippen LogP contribution in [0.15, 0.2) is 0 Å². The maximum absolute atomic E-state index is 14.2. The Labute approximate surface area is 104 Å². The second kappa shape index (κ2) is 4.75. The van der Waals surface area contributed by atoms with E-state index in [1.54, 1.807) is 0 Å². The van der Waals surface area contributed by atoms with Crippen molar-refractivity contribution in [3.05, 3.63) is 0 Å². The second-order valence-electron chi connectivity index (χ2n) is 5.08. The van der Waals surface area contributed by atoms with Crippen molar-refractivity contribution in [2.75, 3.05) is 18.6 Å². The summed E-state index contributed by atoms with van der Waals surface area (Å²) in [7, 11) is 1.21. The fourth-order valence-electron chi connectivity index (χ4n) is 2.74. The predicted octanol–water partition coefficient (Wildman–Crippen LogP) is 3.11. The smallest absolute Gasteiger partial charge is 0.318 e. The normalized spacial score (nSPS) is 32.9. The largest absolute Gasteiger partial charge is 0.468 e. The first-order valence-electron chi connectivity index (χ1n) is 6.06. The maximum Gasteiger partial charge on any atom is 0.318 e. The predicted molar refractivity (Wildman–Crippen MR) is 63.3 cm³/mol. The number of rotatable bonds is 3. The lowest BCUT2D eigenvalue weighted by Crippen LogP contribution is -2.54. The van der Waals surface area contributed by atoms with Gasteiger partial charge >= 0.3 is 5.97 Å². The molecule has 2 rings (SSSR count). The highest BCUT2D eigenvalue weighted by Gasteiger charge is 2.61. The third-order valence-electron chi connectivity index (χ3n) is 4.09. The molecule has 1 atom stereocenters. The van der Waals surface area contributed by atoms with Crippen LogP contribution in [-0.2, 0) is 9.53 Å². The van der Waals surface area contributed by atoms with Gasteiger partial charge in [-0.2, -0.15) is 11.8 Å². The molecule has 1 aliphatic carbocycles. The van der Waals surface area contributed by atoms with Crippen LogP contribution in [0.4, 0.5) is 8.78 Å². The van der Waals surface area contributed by atoms with Crippen LogP contribution >= 0.6 is 11.8 Å². The molecular formula is C12H18F2O2S. The molecule has 1 heterocycles. The fourth-order valence-corrected chi connectivity index (χ4v) is 3.91. The zero-order valence-electron chi connectivity index (χ0n) is 10.0. The van der Waals surface area contributed by atoms with Crippen LogP contribution < -0.4 is 0 Å². The second-order valence-corrected chi connectivity index (χ2v) is 6.19. The summed E-state index contributed by atoms with van der Waals surface area (Å²) in [6, 6.07) is 0. The lowest BCUT2D eigenvalue weighted by molar-refractivity contribution is -0.184. The highest BCUT2D eigenvalue weighted by molar-refractivity contribution is 7.99. The number of ether oxygens (including phenoxy) is 1. The average Bonchev–Trinajstić information content (AvgIpc) is 2.24. The van der Waals surface area contributed by atoms with Crippen molar-refractivity contribution in [3.8, 4) is 0 Å². The molecule has 1 unspecified atom stereocenters. The van der Waals surface area contributed by atoms with E-state index in [0.29, 0.717) is 12.2 Å². The molecule has 2 aliphatic rings. The molecule has 0 amide bonds. The molecule has 0 N–H and O–H groups in total. The van der Waals surface area contributed by atoms with Crippen molar-refractivity contribution < 1.29 is 18.3 Å². The Morgan fingerprint density at radius 1 is 1.47 bits per heavy atom. The van der Waals surface area contributed by atoms with Crippen molar-refractivity contribution in [2.24, 2.45) is 11.3 Å². The molecule has 98 valence electrons. The van der Waals surface area contributed by atoms with Crippen LogP contribution in [0.2, 0.25) is 0 Å². The summed E-state index contributed by atoms with van der Waals surface area (Å²) < 4.78 is 33.0. The van der Waals surface area contributed by atoms with E-state index in [0.717, 1.165) is 19.3 Å². The molecule has 0 aromatic heterocycles. The molecule has 2 nitrogen and oxygen atoms in total. The molecule has 0 bridgehead atoms. The summed E-state index contributed by atoms with van der Waals surface area (Å²) in [5.74, 6) is -3.00. The van der Waals surface area contributed by atoms with E-state index in [9.17, 15) is 13.6 Å². The summed E-state index contributed by atoms with van der Waals surface area (Å²) in [6.45, 7) is 0. The van der Waals surface area contributed by atoms with Crippen LogP contribution in [0.25, 0.3) is 0 Å². The van der Waals surface area contributed by atoms with Gasteiger partial charge in [-0.25, -0.2) is 8.78 Å². The third-order valence-corrected chi connectivity index (χ3v) is 5.15. The average molecular weight is 264 g/mol. The summed E-state index contributed by atoms with van der Waals surface area (Å²) >= 11 is 1.23. The zero-order chi connectivity index (χ0) is 12.5. The SMILES string of the molecule is COC(=O)C1(CC2CCC2)CCSCC1(F)F. The zero-order valence-corrected chi connectivity index (χ0v) is 10.8. The van der Waals surface area contributed by atoms with Gasteiger partial charge in [0.2, 0.25) is 0 Å². The summed E-state index contributed by atoms with van der Waals surface area (Å²) in [6.07, 6.45) is 3.59. The number of hydrogen-bond donors (Lipinski definition) is 0. The first-order valence-corrected chi connectivity index (χ1v) is 7.21. The molecule has 1 saturated carbocycles. The molecule has 1 aliphatic heterocycles. The van der Waals surface area contributed by atoms with Crippen molar-refractivity contribution in [1.82, 2.24) is 0 Å². The molecule has 5 heteroatoms. The Bertz CT molecular complexity index is 305. The molecule has 0 spiro atoms. The van der Waals surface area contributed by atoms with Crippen molar-refractivity contribution >= 4 is 17.7 Å². The third kappa shape index (κ3) is 2.18. The summed E-state index contributed by atoms with van der Waals surface area (Å²) in [5, 5.41) is 0. The Morgan fingerprint density at radius 2 is 2.18 bits per heavy atom. The molecule has 0 aromatic rings. The lowest BCUT2D eigenvalue weighted by atomic mass is 9.67. The van der Waals surface area contributed by atoms with Gasteiger partial charge in [-0.15, -0.1) is 0 Å². The summed E-state index contributed by atoms with van der Waals surface area (Å²) in [4.78, 5) is 11.9. The van der Waals surface area contributed by atoms with Gasteiger partial charge < -0.3 is 4.74 Å². The van der Waals surface area contributed by atoms with E-state index >= 15 is 0 Å². The van der Waals surface area contributed by atoms with Crippen LogP contribution in [0.5, 0.6) is 0 Å². The first kappa shape index (κ1) is 13.1. The monoisotopic (exact) mass is 264 g/mol. The number of carbonyl (C=O) groups is 1. The van der Waals surface area contributed by atoms with E-state index in [1.165, 1.54) is 18.9 Å². The minimum Gasteiger partial charge on any atom is -0.468 e. The molecule has 0 radical (unpaired) electrons. The number of alkyl halides is 2. The van der Waals surface area contributed by atoms with Crippen molar-refractivity contribution in [1.29, 1.82) is 0 Å². The van der Waals surface area contributed by atoms with E-state index in [2.05, 4.69) is 4.74 Å². The van der Waals surface area contributed by atoms with Crippen LogP contribution in [0.3, 0.4) is 0 Å². The Balaban J connectivity index is 2.23. The van der Waals surface area contributed by atoms with Crippen LogP contribution in [0.1, 0.15) is 32.1 Å². The Kier molecular flexibility index (Phi) is 3.66. The number of methoxy groups -OCH3 is 1. The number of esters is 1. The molecule has 1 saturated heterocycles. The molecule has 0 aromatic carbocycles. The Hall–Kier alpha value is -0.320. The highest BCUT2D eigenvalue weighted by atomic mass is 32.2. The van der Waals surface area contributed by atoms with E-state index in [-0.39, 0.29) is 18.1 Å². The van der Waals surface area contributed by atoms with Crippen LogP contribution in [-0.4, -0.2) is 30.5 Å². The first-order chi connectivity index (χ1) is 8.02. The molecule has 2 fully saturated rings. The number of hydrogen-bond acceptors (Lipinski definition) is 3. The minimum absolute atomic E-state index is 0.244. The van der Waals surface area contributed by atoms with Gasteiger partial charge in [0.15, 0.2) is 0 Å². The number of thioether (sulfide) groups is 1. The van der Waals surface area contributed by atoms with Crippen molar-refractivity contribution in [2.45, 2.75) is 38.0 Å². The summed E-state index contributed by atoms with van der Waals surface area (Å²) in [5.41, 5.74) is -1.56. The van der Waals surface area contributed by atoms with E-state index < -0.39 is 17.3 Å². The minimum atomic E-state index is -2.93. The van der Waals surface area contributed by atoms with Gasteiger partial charge in [-0.1, -0.05) is 19.3 Å². The Morgan fingerprint density at radius 3 is 2.65 bits per heavy atom. The number of halogens is 2. The quantitative estimate of drug-likeness (QED) is 0.733. The fraction of sp³-hybridized carbons (Fsp3) is 0.917. The topological polar surface area (TPSA) is 26.3 Å². The van der Waals surface area contributed by atoms with Gasteiger partial charge in [-0.05, 0) is 24.5 Å².